The number of hydrogen-bond donors (Lipinski definition) is 2. The minimum Gasteiger partial charge on any atom is -0.344 e. The van der Waals surface area contributed by atoms with Gasteiger partial charge < -0.3 is 10.6 Å². The van der Waals surface area contributed by atoms with Gasteiger partial charge in [-0.2, -0.15) is 0 Å². The first-order valence-corrected chi connectivity index (χ1v) is 8.38. The highest BCUT2D eigenvalue weighted by Crippen LogP contribution is 2.30. The Labute approximate surface area is 133 Å². The number of amides is 2. The van der Waals surface area contributed by atoms with Crippen LogP contribution in [0.15, 0.2) is 24.3 Å². The van der Waals surface area contributed by atoms with Crippen LogP contribution < -0.4 is 10.6 Å². The van der Waals surface area contributed by atoms with E-state index in [9.17, 15) is 9.59 Å². The largest absolute Gasteiger partial charge is 0.344 e. The van der Waals surface area contributed by atoms with Crippen LogP contribution >= 0.6 is 11.3 Å². The molecule has 1 aromatic heterocycles. The predicted molar refractivity (Wildman–Crippen MR) is 87.8 cm³/mol. The van der Waals surface area contributed by atoms with Gasteiger partial charge in [-0.3, -0.25) is 9.59 Å². The normalized spacial score (nSPS) is 16.6. The Morgan fingerprint density at radius 1 is 1.27 bits per heavy atom. The predicted octanol–water partition coefficient (Wildman–Crippen LogP) is 2.93. The third-order valence-electron chi connectivity index (χ3n) is 4.04. The quantitative estimate of drug-likeness (QED) is 0.911. The number of aromatic nitrogens is 1. The van der Waals surface area contributed by atoms with E-state index in [1.54, 1.807) is 0 Å². The van der Waals surface area contributed by atoms with Gasteiger partial charge in [-0.05, 0) is 30.9 Å². The van der Waals surface area contributed by atoms with Gasteiger partial charge in [0, 0.05) is 6.92 Å². The van der Waals surface area contributed by atoms with Crippen molar-refractivity contribution < 1.29 is 9.59 Å². The molecule has 2 N–H and O–H groups in total. The number of carbonyl (C=O) groups excluding carboxylic acids is 2. The fourth-order valence-corrected chi connectivity index (χ4v) is 3.88. The Balaban J connectivity index is 1.75. The number of anilines is 1. The summed E-state index contributed by atoms with van der Waals surface area (Å²) in [6.45, 7) is 1.45. The molecule has 2 amide bonds. The lowest BCUT2D eigenvalue weighted by Crippen LogP contribution is -2.47. The molecule has 1 fully saturated rings. The number of carbonyl (C=O) groups is 2. The smallest absolute Gasteiger partial charge is 0.249 e. The van der Waals surface area contributed by atoms with Gasteiger partial charge in [0.05, 0.1) is 10.2 Å². The van der Waals surface area contributed by atoms with Crippen LogP contribution in [0.1, 0.15) is 32.6 Å². The van der Waals surface area contributed by atoms with Gasteiger partial charge in [-0.25, -0.2) is 4.98 Å². The van der Waals surface area contributed by atoms with Crippen molar-refractivity contribution in [2.45, 2.75) is 38.6 Å². The summed E-state index contributed by atoms with van der Waals surface area (Å²) in [7, 11) is 0. The lowest BCUT2D eigenvalue weighted by Gasteiger charge is -2.22. The summed E-state index contributed by atoms with van der Waals surface area (Å²) in [5.74, 6) is -0.115. The second-order valence-corrected chi connectivity index (χ2v) is 6.73. The molecule has 1 heterocycles. The first kappa shape index (κ1) is 15.0. The maximum Gasteiger partial charge on any atom is 0.249 e. The van der Waals surface area contributed by atoms with E-state index in [1.807, 2.05) is 24.3 Å². The van der Waals surface area contributed by atoms with Crippen LogP contribution in [-0.2, 0) is 9.59 Å². The lowest BCUT2D eigenvalue weighted by atomic mass is 9.97. The average molecular weight is 317 g/mol. The zero-order valence-corrected chi connectivity index (χ0v) is 13.3. The number of para-hydroxylation sites is 1. The zero-order chi connectivity index (χ0) is 15.5. The number of nitrogens with zero attached hydrogens (tertiary/aromatic N) is 1. The van der Waals surface area contributed by atoms with Crippen LogP contribution in [0.4, 0.5) is 5.13 Å². The van der Waals surface area contributed by atoms with Gasteiger partial charge in [-0.15, -0.1) is 0 Å². The molecule has 5 nitrogen and oxygen atoms in total. The first-order chi connectivity index (χ1) is 10.6. The van der Waals surface area contributed by atoms with Crippen molar-refractivity contribution in [3.63, 3.8) is 0 Å². The molecule has 0 saturated heterocycles. The number of rotatable bonds is 4. The second kappa shape index (κ2) is 6.44. The van der Waals surface area contributed by atoms with Crippen molar-refractivity contribution in [1.82, 2.24) is 10.3 Å². The lowest BCUT2D eigenvalue weighted by molar-refractivity contribution is -0.126. The molecule has 0 aliphatic heterocycles. The summed E-state index contributed by atoms with van der Waals surface area (Å²) in [5, 5.41) is 6.25. The van der Waals surface area contributed by atoms with Crippen molar-refractivity contribution in [3.8, 4) is 0 Å². The highest BCUT2D eigenvalue weighted by molar-refractivity contribution is 7.22. The van der Waals surface area contributed by atoms with Gasteiger partial charge in [0.15, 0.2) is 5.13 Å². The highest BCUT2D eigenvalue weighted by atomic mass is 32.1. The molecule has 0 bridgehead atoms. The van der Waals surface area contributed by atoms with E-state index < -0.39 is 6.04 Å². The summed E-state index contributed by atoms with van der Waals surface area (Å²) >= 11 is 1.45. The number of nitrogens with one attached hydrogen (secondary N) is 2. The summed E-state index contributed by atoms with van der Waals surface area (Å²) in [6, 6.07) is 7.30. The van der Waals surface area contributed by atoms with Crippen molar-refractivity contribution in [1.29, 1.82) is 0 Å². The molecule has 6 heteroatoms. The van der Waals surface area contributed by atoms with Crippen LogP contribution in [-0.4, -0.2) is 22.8 Å². The maximum atomic E-state index is 12.6. The van der Waals surface area contributed by atoms with Crippen LogP contribution in [0.3, 0.4) is 0 Å². The van der Waals surface area contributed by atoms with Crippen molar-refractivity contribution >= 4 is 38.5 Å². The molecule has 1 saturated carbocycles. The zero-order valence-electron chi connectivity index (χ0n) is 12.5. The Kier molecular flexibility index (Phi) is 4.38. The van der Waals surface area contributed by atoms with E-state index in [4.69, 9.17) is 0 Å². The molecule has 22 heavy (non-hydrogen) atoms. The Morgan fingerprint density at radius 3 is 2.68 bits per heavy atom. The number of hydrogen-bond acceptors (Lipinski definition) is 4. The molecule has 1 aliphatic carbocycles. The summed E-state index contributed by atoms with van der Waals surface area (Å²) in [4.78, 5) is 28.4. The third kappa shape index (κ3) is 3.27. The van der Waals surface area contributed by atoms with Crippen LogP contribution in [0.5, 0.6) is 0 Å². The Hall–Kier alpha value is -1.95. The molecule has 1 aliphatic rings. The molecule has 0 spiro atoms. The first-order valence-electron chi connectivity index (χ1n) is 7.57. The molecule has 2 aromatic rings. The van der Waals surface area contributed by atoms with Crippen molar-refractivity contribution in [2.75, 3.05) is 5.32 Å². The van der Waals surface area contributed by atoms with Gasteiger partial charge in [0.1, 0.15) is 6.04 Å². The van der Waals surface area contributed by atoms with Crippen molar-refractivity contribution in [2.24, 2.45) is 5.92 Å². The monoisotopic (exact) mass is 317 g/mol. The van der Waals surface area contributed by atoms with Crippen LogP contribution in [0, 0.1) is 5.92 Å². The Morgan fingerprint density at radius 2 is 2.00 bits per heavy atom. The van der Waals surface area contributed by atoms with E-state index in [1.165, 1.54) is 18.3 Å². The minimum atomic E-state index is -0.466. The number of thiazole rings is 1. The molecule has 0 radical (unpaired) electrons. The third-order valence-corrected chi connectivity index (χ3v) is 4.99. The fraction of sp³-hybridized carbons (Fsp3) is 0.438. The number of benzene rings is 1. The molecule has 3 rings (SSSR count). The van der Waals surface area contributed by atoms with Gasteiger partial charge >= 0.3 is 0 Å². The molecule has 116 valence electrons. The van der Waals surface area contributed by atoms with E-state index in [2.05, 4.69) is 15.6 Å². The fourth-order valence-electron chi connectivity index (χ4n) is 3.02. The standard InChI is InChI=1S/C16H19N3O2S/c1-10(20)17-14(11-6-2-3-7-11)15(21)19-16-18-12-8-4-5-9-13(12)22-16/h4-5,8-9,11,14H,2-3,6-7H2,1H3,(H,17,20)(H,18,19,21). The molecular weight excluding hydrogens is 298 g/mol. The molecule has 1 atom stereocenters. The second-order valence-electron chi connectivity index (χ2n) is 5.70. The average Bonchev–Trinajstić information content (AvgIpc) is 3.13. The van der Waals surface area contributed by atoms with Gasteiger partial charge in [0.25, 0.3) is 0 Å². The van der Waals surface area contributed by atoms with E-state index >= 15 is 0 Å². The maximum absolute atomic E-state index is 12.6. The van der Waals surface area contributed by atoms with E-state index in [0.717, 1.165) is 35.9 Å². The molecule has 1 aromatic carbocycles. The summed E-state index contributed by atoms with van der Waals surface area (Å²) in [5.41, 5.74) is 0.875. The minimum absolute atomic E-state index is 0.166. The highest BCUT2D eigenvalue weighted by Gasteiger charge is 2.31. The van der Waals surface area contributed by atoms with Gasteiger partial charge in [-0.1, -0.05) is 36.3 Å². The van der Waals surface area contributed by atoms with E-state index in [0.29, 0.717) is 5.13 Å². The molecule has 1 unspecified atom stereocenters. The van der Waals surface area contributed by atoms with Gasteiger partial charge in [0.2, 0.25) is 11.8 Å². The Bertz CT molecular complexity index is 659. The summed E-state index contributed by atoms with van der Waals surface area (Å²) in [6.07, 6.45) is 4.21. The van der Waals surface area contributed by atoms with Crippen LogP contribution in [0.25, 0.3) is 10.2 Å². The summed E-state index contributed by atoms with van der Waals surface area (Å²) < 4.78 is 1.04. The van der Waals surface area contributed by atoms with Crippen molar-refractivity contribution in [3.05, 3.63) is 24.3 Å². The van der Waals surface area contributed by atoms with Crippen LogP contribution in [0.2, 0.25) is 0 Å². The SMILES string of the molecule is CC(=O)NC(C(=O)Nc1nc2ccccc2s1)C1CCCC1. The topological polar surface area (TPSA) is 71.1 Å². The van der Waals surface area contributed by atoms with E-state index in [-0.39, 0.29) is 17.7 Å². The molecular formula is C16H19N3O2S. The number of fused-ring (bicyclic) bond motifs is 1.